The van der Waals surface area contributed by atoms with Crippen molar-refractivity contribution in [2.45, 2.75) is 63.5 Å². The number of nitrogens with one attached hydrogen (secondary N) is 2. The van der Waals surface area contributed by atoms with Crippen LogP contribution in [0.5, 0.6) is 5.88 Å². The molecule has 7 nitrogen and oxygen atoms in total. The summed E-state index contributed by atoms with van der Waals surface area (Å²) in [6.07, 6.45) is 4.30. The number of rotatable bonds is 2. The van der Waals surface area contributed by atoms with E-state index in [0.717, 1.165) is 53.2 Å². The van der Waals surface area contributed by atoms with Gasteiger partial charge in [0.25, 0.3) is 5.91 Å². The summed E-state index contributed by atoms with van der Waals surface area (Å²) in [6, 6.07) is 16.2. The Balaban J connectivity index is 1.34. The lowest BCUT2D eigenvalue weighted by Gasteiger charge is -2.54. The lowest BCUT2D eigenvalue weighted by Crippen LogP contribution is -2.57. The van der Waals surface area contributed by atoms with Gasteiger partial charge in [-0.1, -0.05) is 24.3 Å². The van der Waals surface area contributed by atoms with Crippen molar-refractivity contribution in [2.24, 2.45) is 5.41 Å². The molecule has 2 aromatic carbocycles. The van der Waals surface area contributed by atoms with E-state index in [-0.39, 0.29) is 18.1 Å². The molecule has 1 saturated carbocycles. The molecule has 3 heterocycles. The molecule has 3 aliphatic rings. The molecule has 2 fully saturated rings. The Morgan fingerprint density at radius 1 is 1.03 bits per heavy atom. The van der Waals surface area contributed by atoms with Crippen LogP contribution in [-0.4, -0.2) is 52.6 Å². The van der Waals surface area contributed by atoms with Crippen LogP contribution < -0.4 is 14.8 Å². The number of piperidine rings is 1. The molecule has 2 aliphatic heterocycles. The lowest BCUT2D eigenvalue weighted by molar-refractivity contribution is -0.0226. The van der Waals surface area contributed by atoms with Crippen molar-refractivity contribution in [2.75, 3.05) is 24.4 Å². The topological polar surface area (TPSA) is 79.4 Å². The second-order valence-corrected chi connectivity index (χ2v) is 12.0. The number of anilines is 1. The zero-order valence-electron chi connectivity index (χ0n) is 22.3. The van der Waals surface area contributed by atoms with Gasteiger partial charge >= 0.3 is 0 Å². The van der Waals surface area contributed by atoms with Crippen molar-refractivity contribution in [1.82, 2.24) is 20.2 Å². The standard InChI is InChI=1S/C30H35N5O2S/c1-19-6-4-7-20(2)27(19)25-15-26-33-29(32-25)34-38-24-9-5-8-22(14-24)28(36)35(18-21(3)37-26)23-16-30(17-23)10-12-31-13-11-30/h4-9,14-15,21,23,31H,10-13,16-18H2,1-3H3,(H,32,33,34)/t21-/m1/s1. The molecule has 1 amide bonds. The van der Waals surface area contributed by atoms with Gasteiger partial charge in [0.1, 0.15) is 6.10 Å². The summed E-state index contributed by atoms with van der Waals surface area (Å²) in [5.74, 6) is 1.07. The van der Waals surface area contributed by atoms with E-state index in [1.165, 1.54) is 24.8 Å². The third kappa shape index (κ3) is 4.99. The zero-order valence-corrected chi connectivity index (χ0v) is 23.1. The second kappa shape index (κ2) is 10.2. The van der Waals surface area contributed by atoms with E-state index in [0.29, 0.717) is 29.4 Å². The first-order valence-corrected chi connectivity index (χ1v) is 14.4. The molecular weight excluding hydrogens is 494 g/mol. The van der Waals surface area contributed by atoms with Crippen LogP contribution in [0, 0.1) is 19.3 Å². The van der Waals surface area contributed by atoms with Gasteiger partial charge in [-0.2, -0.15) is 4.98 Å². The largest absolute Gasteiger partial charge is 0.473 e. The first-order valence-electron chi connectivity index (χ1n) is 13.6. The highest BCUT2D eigenvalue weighted by molar-refractivity contribution is 8.00. The molecule has 1 atom stereocenters. The fraction of sp³-hybridized carbons (Fsp3) is 0.433. The van der Waals surface area contributed by atoms with E-state index < -0.39 is 0 Å². The monoisotopic (exact) mass is 529 g/mol. The van der Waals surface area contributed by atoms with Crippen LogP contribution in [0.2, 0.25) is 0 Å². The molecule has 1 aromatic heterocycles. The molecule has 1 spiro atoms. The molecule has 2 N–H and O–H groups in total. The summed E-state index contributed by atoms with van der Waals surface area (Å²) in [6.45, 7) is 8.89. The van der Waals surface area contributed by atoms with Crippen molar-refractivity contribution in [3.05, 3.63) is 65.2 Å². The highest BCUT2D eigenvalue weighted by Crippen LogP contribution is 2.50. The Hall–Kier alpha value is -3.10. The summed E-state index contributed by atoms with van der Waals surface area (Å²) in [5, 5.41) is 3.48. The maximum Gasteiger partial charge on any atom is 0.254 e. The number of aromatic nitrogens is 2. The van der Waals surface area contributed by atoms with E-state index in [9.17, 15) is 4.79 Å². The van der Waals surface area contributed by atoms with E-state index >= 15 is 0 Å². The van der Waals surface area contributed by atoms with Crippen LogP contribution in [0.1, 0.15) is 54.1 Å². The maximum absolute atomic E-state index is 13.9. The number of benzene rings is 2. The SMILES string of the molecule is Cc1cccc(C)c1-c1cc2nc(n1)NSc1cccc(c1)C(=O)N(C1CC3(CCNCC3)C1)C[C@@H](C)O2. The van der Waals surface area contributed by atoms with Gasteiger partial charge < -0.3 is 15.0 Å². The van der Waals surface area contributed by atoms with Gasteiger partial charge in [0.15, 0.2) is 0 Å². The number of carbonyl (C=O) groups is 1. The van der Waals surface area contributed by atoms with Gasteiger partial charge in [-0.05, 0) is 106 Å². The summed E-state index contributed by atoms with van der Waals surface area (Å²) in [4.78, 5) is 26.4. The van der Waals surface area contributed by atoms with Gasteiger partial charge in [0.2, 0.25) is 11.8 Å². The van der Waals surface area contributed by atoms with E-state index in [1.54, 1.807) is 0 Å². The molecule has 38 heavy (non-hydrogen) atoms. The van der Waals surface area contributed by atoms with Crippen LogP contribution in [0.15, 0.2) is 53.4 Å². The molecular formula is C30H35N5O2S. The number of fused-ring (bicyclic) bond motifs is 4. The maximum atomic E-state index is 13.9. The number of amides is 1. The number of ether oxygens (including phenoxy) is 1. The lowest BCUT2D eigenvalue weighted by atomic mass is 9.60. The van der Waals surface area contributed by atoms with Gasteiger partial charge in [0.05, 0.1) is 12.2 Å². The van der Waals surface area contributed by atoms with Crippen molar-refractivity contribution >= 4 is 23.8 Å². The second-order valence-electron chi connectivity index (χ2n) is 11.1. The van der Waals surface area contributed by atoms with Crippen LogP contribution in [0.25, 0.3) is 11.3 Å². The summed E-state index contributed by atoms with van der Waals surface area (Å²) >= 11 is 1.41. The normalized spacial score (nSPS) is 21.4. The minimum absolute atomic E-state index is 0.0740. The quantitative estimate of drug-likeness (QED) is 0.416. The average Bonchev–Trinajstić information content (AvgIpc) is 2.89. The molecule has 4 bridgehead atoms. The van der Waals surface area contributed by atoms with Crippen LogP contribution in [-0.2, 0) is 0 Å². The molecule has 0 radical (unpaired) electrons. The number of carbonyl (C=O) groups excluding carboxylic acids is 1. The number of nitrogens with zero attached hydrogens (tertiary/aromatic N) is 3. The Morgan fingerprint density at radius 3 is 2.53 bits per heavy atom. The molecule has 0 unspecified atom stereocenters. The predicted molar refractivity (Wildman–Crippen MR) is 152 cm³/mol. The fourth-order valence-electron chi connectivity index (χ4n) is 6.28. The molecule has 6 rings (SSSR count). The van der Waals surface area contributed by atoms with Crippen molar-refractivity contribution in [3.63, 3.8) is 0 Å². The Morgan fingerprint density at radius 2 is 1.76 bits per heavy atom. The molecule has 1 aliphatic carbocycles. The molecule has 3 aromatic rings. The smallest absolute Gasteiger partial charge is 0.254 e. The van der Waals surface area contributed by atoms with Crippen molar-refractivity contribution in [1.29, 1.82) is 0 Å². The van der Waals surface area contributed by atoms with Crippen LogP contribution in [0.3, 0.4) is 0 Å². The third-order valence-corrected chi connectivity index (χ3v) is 9.03. The highest BCUT2D eigenvalue weighted by atomic mass is 32.2. The first kappa shape index (κ1) is 25.2. The zero-order chi connectivity index (χ0) is 26.3. The Bertz CT molecular complexity index is 1330. The highest BCUT2D eigenvalue weighted by Gasteiger charge is 2.48. The first-order chi connectivity index (χ1) is 18.4. The Kier molecular flexibility index (Phi) is 6.78. The van der Waals surface area contributed by atoms with Gasteiger partial charge in [0, 0.05) is 28.1 Å². The summed E-state index contributed by atoms with van der Waals surface area (Å²) in [5.41, 5.74) is 5.30. The summed E-state index contributed by atoms with van der Waals surface area (Å²) < 4.78 is 9.69. The number of hydrogen-bond donors (Lipinski definition) is 2. The van der Waals surface area contributed by atoms with E-state index in [1.807, 2.05) is 37.3 Å². The number of hydrogen-bond acceptors (Lipinski definition) is 7. The third-order valence-electron chi connectivity index (χ3n) is 8.26. The molecule has 198 valence electrons. The van der Waals surface area contributed by atoms with Crippen LogP contribution in [0.4, 0.5) is 5.95 Å². The van der Waals surface area contributed by atoms with Gasteiger partial charge in [-0.3, -0.25) is 9.52 Å². The summed E-state index contributed by atoms with van der Waals surface area (Å²) in [7, 11) is 0. The van der Waals surface area contributed by atoms with Gasteiger partial charge in [-0.15, -0.1) is 0 Å². The van der Waals surface area contributed by atoms with E-state index in [2.05, 4.69) is 52.0 Å². The van der Waals surface area contributed by atoms with Crippen molar-refractivity contribution in [3.8, 4) is 17.1 Å². The van der Waals surface area contributed by atoms with Crippen LogP contribution >= 0.6 is 11.9 Å². The molecule has 8 heteroatoms. The minimum atomic E-state index is -0.228. The van der Waals surface area contributed by atoms with Crippen molar-refractivity contribution < 1.29 is 9.53 Å². The Labute approximate surface area is 228 Å². The number of aryl methyl sites for hydroxylation is 2. The van der Waals surface area contributed by atoms with E-state index in [4.69, 9.17) is 9.72 Å². The van der Waals surface area contributed by atoms with Gasteiger partial charge in [-0.25, -0.2) is 4.98 Å². The predicted octanol–water partition coefficient (Wildman–Crippen LogP) is 5.63. The average molecular weight is 530 g/mol. The minimum Gasteiger partial charge on any atom is -0.473 e. The molecule has 1 saturated heterocycles. The fourth-order valence-corrected chi connectivity index (χ4v) is 6.92.